The summed E-state index contributed by atoms with van der Waals surface area (Å²) in [5.41, 5.74) is 0. The third-order valence-electron chi connectivity index (χ3n) is 16.0. The number of hydrogen-bond acceptors (Lipinski definition) is 15. The van der Waals surface area contributed by atoms with Crippen molar-refractivity contribution in [2.45, 2.75) is 374 Å². The smallest absolute Gasteiger partial charge is 0.462 e. The minimum atomic E-state index is -4.95. The maximum Gasteiger partial charge on any atom is 0.472 e. The second kappa shape index (κ2) is 62.5. The molecule has 0 aromatic rings. The van der Waals surface area contributed by atoms with Crippen molar-refractivity contribution in [1.82, 2.24) is 0 Å². The van der Waals surface area contributed by atoms with Gasteiger partial charge in [-0.2, -0.15) is 0 Å². The fourth-order valence-corrected chi connectivity index (χ4v) is 12.0. The van der Waals surface area contributed by atoms with Crippen LogP contribution >= 0.6 is 15.6 Å². The van der Waals surface area contributed by atoms with E-state index in [9.17, 15) is 43.2 Å². The van der Waals surface area contributed by atoms with E-state index in [-0.39, 0.29) is 25.7 Å². The van der Waals surface area contributed by atoms with Crippen LogP contribution in [0.3, 0.4) is 0 Å². The van der Waals surface area contributed by atoms with E-state index in [1.807, 2.05) is 0 Å². The number of phosphoric acid groups is 2. The molecule has 17 nitrogen and oxygen atoms in total. The topological polar surface area (TPSA) is 237 Å². The van der Waals surface area contributed by atoms with Crippen molar-refractivity contribution in [2.24, 2.45) is 5.92 Å². The molecule has 0 aliphatic rings. The number of carbonyl (C=O) groups is 4. The summed E-state index contributed by atoms with van der Waals surface area (Å²) in [6.07, 6.45) is 48.9. The molecule has 0 heterocycles. The molecule has 0 aliphatic carbocycles. The van der Waals surface area contributed by atoms with Gasteiger partial charge in [0.2, 0.25) is 0 Å². The number of aliphatic hydroxyl groups excluding tert-OH is 1. The van der Waals surface area contributed by atoms with Gasteiger partial charge in [0.1, 0.15) is 19.3 Å². The molecule has 0 spiro atoms. The molecule has 0 rings (SSSR count). The Morgan fingerprint density at radius 3 is 0.773 bits per heavy atom. The van der Waals surface area contributed by atoms with Crippen LogP contribution in [-0.4, -0.2) is 96.7 Å². The van der Waals surface area contributed by atoms with Gasteiger partial charge in [-0.15, -0.1) is 0 Å². The Labute approximate surface area is 537 Å². The highest BCUT2D eigenvalue weighted by Crippen LogP contribution is 2.45. The number of ether oxygens (including phenoxy) is 4. The molecular formula is C69H134O17P2. The first-order valence-corrected chi connectivity index (χ1v) is 39.1. The lowest BCUT2D eigenvalue weighted by Gasteiger charge is -2.21. The molecule has 88 heavy (non-hydrogen) atoms. The highest BCUT2D eigenvalue weighted by Gasteiger charge is 2.30. The van der Waals surface area contributed by atoms with Crippen LogP contribution < -0.4 is 0 Å². The van der Waals surface area contributed by atoms with Crippen molar-refractivity contribution >= 4 is 39.5 Å². The van der Waals surface area contributed by atoms with Gasteiger partial charge < -0.3 is 33.8 Å². The highest BCUT2D eigenvalue weighted by molar-refractivity contribution is 7.47. The molecule has 0 radical (unpaired) electrons. The third-order valence-corrected chi connectivity index (χ3v) is 17.9. The summed E-state index contributed by atoms with van der Waals surface area (Å²) in [6, 6.07) is 0. The highest BCUT2D eigenvalue weighted by atomic mass is 31.2. The SMILES string of the molecule is CCCCCCCCCCCCCCCCCC(=O)OC[C@H](COP(=O)(O)OC[C@@H](O)COP(=O)(O)OC[C@@H](COC(=O)CCCCCCCCC)OC(=O)CCCCCCCCC)OC(=O)CCCCCCCCCCCCCCCCCCC(C)C. The van der Waals surface area contributed by atoms with E-state index in [4.69, 9.17) is 37.0 Å². The summed E-state index contributed by atoms with van der Waals surface area (Å²) in [4.78, 5) is 72.2. The maximum absolute atomic E-state index is 13.0. The molecule has 522 valence electrons. The van der Waals surface area contributed by atoms with E-state index >= 15 is 0 Å². The van der Waals surface area contributed by atoms with Crippen molar-refractivity contribution in [3.63, 3.8) is 0 Å². The first-order chi connectivity index (χ1) is 42.5. The van der Waals surface area contributed by atoms with Crippen molar-refractivity contribution in [2.75, 3.05) is 39.6 Å². The quantitative estimate of drug-likeness (QED) is 0.0222. The fraction of sp³-hybridized carbons (Fsp3) is 0.942. The normalized spacial score (nSPS) is 14.1. The molecule has 0 bridgehead atoms. The second-order valence-corrected chi connectivity index (χ2v) is 28.3. The van der Waals surface area contributed by atoms with Crippen molar-refractivity contribution < 1.29 is 80.2 Å². The van der Waals surface area contributed by atoms with E-state index in [0.717, 1.165) is 121 Å². The average Bonchev–Trinajstić information content (AvgIpc) is 3.62. The number of esters is 4. The molecule has 5 atom stereocenters. The molecule has 19 heteroatoms. The van der Waals surface area contributed by atoms with E-state index < -0.39 is 97.5 Å². The molecule has 0 aromatic carbocycles. The van der Waals surface area contributed by atoms with Gasteiger partial charge in [0.15, 0.2) is 12.2 Å². The number of phosphoric ester groups is 2. The molecule has 0 saturated carbocycles. The first-order valence-electron chi connectivity index (χ1n) is 36.1. The van der Waals surface area contributed by atoms with Crippen LogP contribution in [0.2, 0.25) is 0 Å². The van der Waals surface area contributed by atoms with Crippen LogP contribution in [0.1, 0.15) is 356 Å². The minimum absolute atomic E-state index is 0.104. The zero-order valence-corrected chi connectivity index (χ0v) is 58.6. The average molecular weight is 1300 g/mol. The predicted octanol–water partition coefficient (Wildman–Crippen LogP) is 19.7. The Balaban J connectivity index is 5.14. The lowest BCUT2D eigenvalue weighted by atomic mass is 10.0. The van der Waals surface area contributed by atoms with Gasteiger partial charge in [-0.05, 0) is 31.6 Å². The number of aliphatic hydroxyl groups is 1. The predicted molar refractivity (Wildman–Crippen MR) is 354 cm³/mol. The summed E-state index contributed by atoms with van der Waals surface area (Å²) in [7, 11) is -9.88. The van der Waals surface area contributed by atoms with Gasteiger partial charge in [0.25, 0.3) is 0 Å². The molecule has 0 saturated heterocycles. The van der Waals surface area contributed by atoms with Crippen LogP contribution in [0.15, 0.2) is 0 Å². The van der Waals surface area contributed by atoms with Crippen LogP contribution in [0.4, 0.5) is 0 Å². The maximum atomic E-state index is 13.0. The van der Waals surface area contributed by atoms with E-state index in [0.29, 0.717) is 25.7 Å². The Morgan fingerprint density at radius 1 is 0.307 bits per heavy atom. The van der Waals surface area contributed by atoms with Gasteiger partial charge in [0, 0.05) is 25.7 Å². The fourth-order valence-electron chi connectivity index (χ4n) is 10.5. The summed E-state index contributed by atoms with van der Waals surface area (Å²) < 4.78 is 68.0. The standard InChI is InChI=1S/C69H134O17P2/c1-6-9-12-15-18-19-20-21-24-28-31-34-39-43-48-53-67(72)80-59-65(86-69(74)55-50-45-40-35-32-29-26-23-22-25-27-30-33-38-41-46-51-62(4)5)61-84-88(77,78)82-57-63(70)56-81-87(75,76)83-60-64(85-68(73)54-49-44-37-17-14-11-8-3)58-79-66(71)52-47-42-36-16-13-10-7-2/h62-65,70H,6-61H2,1-5H3,(H,75,76)(H,77,78)/t63-,64+,65+/m0/s1. The molecule has 3 N–H and O–H groups in total. The zero-order chi connectivity index (χ0) is 64.9. The number of unbranched alkanes of at least 4 members (excludes halogenated alkanes) is 41. The van der Waals surface area contributed by atoms with Crippen LogP contribution in [0.25, 0.3) is 0 Å². The van der Waals surface area contributed by atoms with E-state index in [2.05, 4.69) is 34.6 Å². The van der Waals surface area contributed by atoms with Crippen LogP contribution in [0, 0.1) is 5.92 Å². The molecule has 0 fully saturated rings. The van der Waals surface area contributed by atoms with Crippen LogP contribution in [-0.2, 0) is 65.4 Å². The Bertz CT molecular complexity index is 1700. The van der Waals surface area contributed by atoms with Crippen molar-refractivity contribution in [1.29, 1.82) is 0 Å². The number of hydrogen-bond donors (Lipinski definition) is 3. The molecular weight excluding hydrogens is 1160 g/mol. The summed E-state index contributed by atoms with van der Waals surface area (Å²) in [5, 5.41) is 10.5. The van der Waals surface area contributed by atoms with Crippen LogP contribution in [0.5, 0.6) is 0 Å². The zero-order valence-electron chi connectivity index (χ0n) is 56.9. The van der Waals surface area contributed by atoms with Gasteiger partial charge in [-0.1, -0.05) is 304 Å². The van der Waals surface area contributed by atoms with Gasteiger partial charge in [0.05, 0.1) is 26.4 Å². The van der Waals surface area contributed by atoms with Gasteiger partial charge >= 0.3 is 39.5 Å². The lowest BCUT2D eigenvalue weighted by Crippen LogP contribution is -2.30. The van der Waals surface area contributed by atoms with Gasteiger partial charge in [-0.25, -0.2) is 9.13 Å². The first kappa shape index (κ1) is 86.1. The Morgan fingerprint density at radius 2 is 0.523 bits per heavy atom. The molecule has 0 aromatic heterocycles. The van der Waals surface area contributed by atoms with Crippen molar-refractivity contribution in [3.05, 3.63) is 0 Å². The molecule has 2 unspecified atom stereocenters. The largest absolute Gasteiger partial charge is 0.472 e. The summed E-state index contributed by atoms with van der Waals surface area (Å²) in [6.45, 7) is 7.19. The number of rotatable bonds is 69. The monoisotopic (exact) mass is 1300 g/mol. The second-order valence-electron chi connectivity index (χ2n) is 25.4. The van der Waals surface area contributed by atoms with Gasteiger partial charge in [-0.3, -0.25) is 37.3 Å². The minimum Gasteiger partial charge on any atom is -0.462 e. The molecule has 0 aliphatic heterocycles. The lowest BCUT2D eigenvalue weighted by molar-refractivity contribution is -0.161. The Kier molecular flexibility index (Phi) is 61.1. The summed E-state index contributed by atoms with van der Waals surface area (Å²) in [5.74, 6) is -1.32. The Hall–Kier alpha value is -1.94. The van der Waals surface area contributed by atoms with Crippen molar-refractivity contribution in [3.8, 4) is 0 Å². The van der Waals surface area contributed by atoms with E-state index in [1.54, 1.807) is 0 Å². The third kappa shape index (κ3) is 62.8. The van der Waals surface area contributed by atoms with E-state index in [1.165, 1.54) is 154 Å². The summed E-state index contributed by atoms with van der Waals surface area (Å²) >= 11 is 0. The number of carbonyl (C=O) groups excluding carboxylic acids is 4. The molecule has 0 amide bonds.